The number of aromatic nitrogens is 2. The lowest BCUT2D eigenvalue weighted by molar-refractivity contribution is -0.161. The quantitative estimate of drug-likeness (QED) is 0.371. The van der Waals surface area contributed by atoms with Gasteiger partial charge in [-0.1, -0.05) is 54.1 Å². The van der Waals surface area contributed by atoms with E-state index < -0.39 is 18.8 Å². The summed E-state index contributed by atoms with van der Waals surface area (Å²) in [5.74, 6) is -1.10. The minimum atomic E-state index is -4.62. The molecule has 2 aromatic carbocycles. The summed E-state index contributed by atoms with van der Waals surface area (Å²) in [5, 5.41) is 0.599. The van der Waals surface area contributed by atoms with Crippen molar-refractivity contribution in [1.82, 2.24) is 9.38 Å². The maximum absolute atomic E-state index is 12.6. The lowest BCUT2D eigenvalue weighted by atomic mass is 10.1. The van der Waals surface area contributed by atoms with Gasteiger partial charge in [-0.3, -0.25) is 4.40 Å². The molecule has 0 saturated carbocycles. The van der Waals surface area contributed by atoms with Crippen LogP contribution in [0.1, 0.15) is 10.5 Å². The Bertz CT molecular complexity index is 1200. The summed E-state index contributed by atoms with van der Waals surface area (Å²) in [6.45, 7) is -1.67. The van der Waals surface area contributed by atoms with Crippen LogP contribution in [0.5, 0.6) is 0 Å². The third kappa shape index (κ3) is 4.16. The fraction of sp³-hybridized carbons (Fsp3) is 0.0909. The molecule has 0 radical (unpaired) electrons. The molecular formula is C22H14ClF3N2O2. The van der Waals surface area contributed by atoms with Crippen LogP contribution in [-0.2, 0) is 4.74 Å². The lowest BCUT2D eigenvalue weighted by Gasteiger charge is -2.09. The van der Waals surface area contributed by atoms with Gasteiger partial charge >= 0.3 is 12.1 Å². The molecular weight excluding hydrogens is 417 g/mol. The van der Waals surface area contributed by atoms with Crippen molar-refractivity contribution in [2.45, 2.75) is 6.18 Å². The molecule has 0 N–H and O–H groups in total. The molecule has 30 heavy (non-hydrogen) atoms. The van der Waals surface area contributed by atoms with Gasteiger partial charge in [-0.2, -0.15) is 13.2 Å². The Hall–Kier alpha value is -3.32. The number of imidazole rings is 1. The molecule has 0 unspecified atom stereocenters. The van der Waals surface area contributed by atoms with Crippen LogP contribution >= 0.6 is 11.6 Å². The van der Waals surface area contributed by atoms with E-state index in [4.69, 9.17) is 11.6 Å². The smallest absolute Gasteiger partial charge is 0.422 e. The van der Waals surface area contributed by atoms with Gasteiger partial charge in [0.1, 0.15) is 11.3 Å². The summed E-state index contributed by atoms with van der Waals surface area (Å²) >= 11 is 5.93. The number of hydrogen-bond donors (Lipinski definition) is 0. The number of carbonyl (C=O) groups is 1. The van der Waals surface area contributed by atoms with Crippen LogP contribution < -0.4 is 0 Å². The molecule has 8 heteroatoms. The van der Waals surface area contributed by atoms with Gasteiger partial charge in [-0.15, -0.1) is 0 Å². The Balaban J connectivity index is 1.83. The maximum atomic E-state index is 12.6. The van der Waals surface area contributed by atoms with Crippen LogP contribution in [0.4, 0.5) is 13.2 Å². The van der Waals surface area contributed by atoms with Crippen LogP contribution in [0.3, 0.4) is 0 Å². The largest absolute Gasteiger partial charge is 0.451 e. The van der Waals surface area contributed by atoms with Crippen molar-refractivity contribution in [1.29, 1.82) is 0 Å². The van der Waals surface area contributed by atoms with E-state index in [0.29, 0.717) is 16.2 Å². The standard InChI is InChI=1S/C22H14ClF3N2O2/c23-17-8-6-14(7-9-17)16-10-11-28-18(12-16)27-19(15-4-2-1-3-5-15)20(28)21(29)30-13-22(24,25)26/h1-12H,13H2. The molecule has 0 spiro atoms. The number of halogens is 4. The number of benzene rings is 2. The Morgan fingerprint density at radius 3 is 2.33 bits per heavy atom. The number of esters is 1. The fourth-order valence-corrected chi connectivity index (χ4v) is 3.20. The summed E-state index contributed by atoms with van der Waals surface area (Å²) in [6, 6.07) is 19.4. The third-order valence-corrected chi connectivity index (χ3v) is 4.66. The van der Waals surface area contributed by atoms with E-state index in [9.17, 15) is 18.0 Å². The van der Waals surface area contributed by atoms with Gasteiger partial charge in [0.2, 0.25) is 0 Å². The molecule has 0 saturated heterocycles. The first-order valence-corrected chi connectivity index (χ1v) is 9.27. The molecule has 2 aromatic heterocycles. The van der Waals surface area contributed by atoms with Crippen molar-refractivity contribution in [2.24, 2.45) is 0 Å². The van der Waals surface area contributed by atoms with Crippen molar-refractivity contribution < 1.29 is 22.7 Å². The molecule has 0 amide bonds. The Morgan fingerprint density at radius 1 is 0.967 bits per heavy atom. The molecule has 0 fully saturated rings. The third-order valence-electron chi connectivity index (χ3n) is 4.41. The van der Waals surface area contributed by atoms with E-state index >= 15 is 0 Å². The van der Waals surface area contributed by atoms with Crippen LogP contribution in [0, 0.1) is 0 Å². The van der Waals surface area contributed by atoms with Gasteiger partial charge in [0.25, 0.3) is 0 Å². The van der Waals surface area contributed by atoms with Gasteiger partial charge in [-0.05, 0) is 35.4 Å². The first kappa shape index (κ1) is 20.0. The van der Waals surface area contributed by atoms with E-state index in [0.717, 1.165) is 11.1 Å². The van der Waals surface area contributed by atoms with Crippen molar-refractivity contribution >= 4 is 23.2 Å². The zero-order chi connectivity index (χ0) is 21.3. The molecule has 4 nitrogen and oxygen atoms in total. The van der Waals surface area contributed by atoms with Crippen molar-refractivity contribution in [3.8, 4) is 22.4 Å². The zero-order valence-electron chi connectivity index (χ0n) is 15.4. The molecule has 0 aliphatic carbocycles. The monoisotopic (exact) mass is 430 g/mol. The SMILES string of the molecule is O=C(OCC(F)(F)F)c1c(-c2ccccc2)nc2cc(-c3ccc(Cl)cc3)ccn12. The normalized spacial score (nSPS) is 11.6. The second-order valence-corrected chi connectivity index (χ2v) is 6.95. The Labute approximate surface area is 174 Å². The second kappa shape index (κ2) is 7.84. The van der Waals surface area contributed by atoms with Crippen LogP contribution in [-0.4, -0.2) is 28.1 Å². The number of carbonyl (C=O) groups excluding carboxylic acids is 1. The highest BCUT2D eigenvalue weighted by atomic mass is 35.5. The summed E-state index contributed by atoms with van der Waals surface area (Å²) in [6.07, 6.45) is -3.03. The molecule has 0 aliphatic heterocycles. The average molecular weight is 431 g/mol. The van der Waals surface area contributed by atoms with Gasteiger partial charge in [-0.25, -0.2) is 9.78 Å². The highest BCUT2D eigenvalue weighted by Crippen LogP contribution is 2.29. The number of alkyl halides is 3. The minimum absolute atomic E-state index is 0.0666. The maximum Gasteiger partial charge on any atom is 0.422 e. The molecule has 0 atom stereocenters. The summed E-state index contributed by atoms with van der Waals surface area (Å²) in [4.78, 5) is 17.1. The van der Waals surface area contributed by atoms with E-state index in [1.807, 2.05) is 12.1 Å². The highest BCUT2D eigenvalue weighted by Gasteiger charge is 2.31. The van der Waals surface area contributed by atoms with Crippen molar-refractivity contribution in [3.05, 3.63) is 83.6 Å². The van der Waals surface area contributed by atoms with Crippen molar-refractivity contribution in [2.75, 3.05) is 6.61 Å². The summed E-state index contributed by atoms with van der Waals surface area (Å²) in [7, 11) is 0. The molecule has 152 valence electrons. The fourth-order valence-electron chi connectivity index (χ4n) is 3.07. The predicted molar refractivity (Wildman–Crippen MR) is 107 cm³/mol. The van der Waals surface area contributed by atoms with Crippen LogP contribution in [0.15, 0.2) is 72.9 Å². The summed E-state index contributed by atoms with van der Waals surface area (Å²) in [5.41, 5.74) is 2.87. The second-order valence-electron chi connectivity index (χ2n) is 6.52. The molecule has 2 heterocycles. The number of ether oxygens (including phenoxy) is 1. The molecule has 0 bridgehead atoms. The Morgan fingerprint density at radius 2 is 1.67 bits per heavy atom. The molecule has 4 rings (SSSR count). The van der Waals surface area contributed by atoms with E-state index in [-0.39, 0.29) is 11.4 Å². The topological polar surface area (TPSA) is 43.6 Å². The van der Waals surface area contributed by atoms with Gasteiger partial charge in [0.05, 0.1) is 0 Å². The number of nitrogens with zero attached hydrogens (tertiary/aromatic N) is 2. The zero-order valence-corrected chi connectivity index (χ0v) is 16.1. The van der Waals surface area contributed by atoms with Crippen molar-refractivity contribution in [3.63, 3.8) is 0 Å². The van der Waals surface area contributed by atoms with E-state index in [1.165, 1.54) is 4.40 Å². The Kier molecular flexibility index (Phi) is 5.22. The van der Waals surface area contributed by atoms with Gasteiger partial charge in [0, 0.05) is 16.8 Å². The van der Waals surface area contributed by atoms with Crippen LogP contribution in [0.2, 0.25) is 5.02 Å². The molecule has 0 aliphatic rings. The summed E-state index contributed by atoms with van der Waals surface area (Å²) < 4.78 is 43.6. The molecule has 4 aromatic rings. The average Bonchev–Trinajstić information content (AvgIpc) is 3.11. The highest BCUT2D eigenvalue weighted by molar-refractivity contribution is 6.30. The van der Waals surface area contributed by atoms with Gasteiger partial charge < -0.3 is 4.74 Å². The van der Waals surface area contributed by atoms with E-state index in [2.05, 4.69) is 9.72 Å². The number of rotatable bonds is 4. The lowest BCUT2D eigenvalue weighted by Crippen LogP contribution is -2.21. The first-order chi connectivity index (χ1) is 14.3. The minimum Gasteiger partial charge on any atom is -0.451 e. The number of fused-ring (bicyclic) bond motifs is 1. The predicted octanol–water partition coefficient (Wildman–Crippen LogP) is 6.04. The number of pyridine rings is 1. The van der Waals surface area contributed by atoms with Crippen LogP contribution in [0.25, 0.3) is 28.0 Å². The van der Waals surface area contributed by atoms with E-state index in [1.54, 1.807) is 60.8 Å². The number of hydrogen-bond acceptors (Lipinski definition) is 3. The first-order valence-electron chi connectivity index (χ1n) is 8.89. The van der Waals surface area contributed by atoms with Gasteiger partial charge in [0.15, 0.2) is 12.3 Å².